The number of rotatable bonds is 5. The Labute approximate surface area is 154 Å². The SMILES string of the molecule is CN1CCN(Cc2ccc(COc3cccc4c3CNC4=O)cc2)CC1. The molecule has 136 valence electrons. The summed E-state index contributed by atoms with van der Waals surface area (Å²) in [6, 6.07) is 14.3. The summed E-state index contributed by atoms with van der Waals surface area (Å²) in [6.45, 7) is 6.62. The fraction of sp³-hybridized carbons (Fsp3) is 0.381. The maximum Gasteiger partial charge on any atom is 0.252 e. The number of amides is 1. The van der Waals surface area contributed by atoms with Crippen molar-refractivity contribution in [2.75, 3.05) is 33.2 Å². The molecule has 1 saturated heterocycles. The molecule has 0 aliphatic carbocycles. The van der Waals surface area contributed by atoms with Crippen molar-refractivity contribution in [2.24, 2.45) is 0 Å². The fourth-order valence-electron chi connectivity index (χ4n) is 3.53. The number of benzene rings is 2. The summed E-state index contributed by atoms with van der Waals surface area (Å²) in [4.78, 5) is 16.6. The standard InChI is InChI=1S/C21H25N3O2/c1-23-9-11-24(12-10-23)14-16-5-7-17(8-6-16)15-26-20-4-2-3-18-19(20)13-22-21(18)25/h2-8H,9-15H2,1H3,(H,22,25). The van der Waals surface area contributed by atoms with Crippen molar-refractivity contribution in [3.63, 3.8) is 0 Å². The number of hydrogen-bond acceptors (Lipinski definition) is 4. The van der Waals surface area contributed by atoms with Gasteiger partial charge in [-0.1, -0.05) is 30.3 Å². The average molecular weight is 351 g/mol. The van der Waals surface area contributed by atoms with Crippen LogP contribution in [0.5, 0.6) is 5.75 Å². The maximum atomic E-state index is 11.7. The highest BCUT2D eigenvalue weighted by atomic mass is 16.5. The molecule has 5 nitrogen and oxygen atoms in total. The minimum Gasteiger partial charge on any atom is -0.489 e. The lowest BCUT2D eigenvalue weighted by atomic mass is 10.1. The van der Waals surface area contributed by atoms with E-state index in [-0.39, 0.29) is 5.91 Å². The highest BCUT2D eigenvalue weighted by Crippen LogP contribution is 2.27. The van der Waals surface area contributed by atoms with E-state index in [1.165, 1.54) is 5.56 Å². The van der Waals surface area contributed by atoms with E-state index in [0.717, 1.165) is 55.2 Å². The van der Waals surface area contributed by atoms with Gasteiger partial charge in [0.15, 0.2) is 0 Å². The Hall–Kier alpha value is -2.37. The van der Waals surface area contributed by atoms with Gasteiger partial charge in [0.05, 0.1) is 0 Å². The van der Waals surface area contributed by atoms with Crippen LogP contribution >= 0.6 is 0 Å². The molecule has 5 heteroatoms. The van der Waals surface area contributed by atoms with Crippen LogP contribution in [0.3, 0.4) is 0 Å². The molecule has 26 heavy (non-hydrogen) atoms. The predicted octanol–water partition coefficient (Wildman–Crippen LogP) is 2.26. The van der Waals surface area contributed by atoms with Gasteiger partial charge in [0.2, 0.25) is 0 Å². The van der Waals surface area contributed by atoms with E-state index in [1.807, 2.05) is 18.2 Å². The molecule has 4 rings (SSSR count). The van der Waals surface area contributed by atoms with Crippen molar-refractivity contribution in [3.8, 4) is 5.75 Å². The largest absolute Gasteiger partial charge is 0.489 e. The number of nitrogens with one attached hydrogen (secondary N) is 1. The van der Waals surface area contributed by atoms with Gasteiger partial charge in [-0.3, -0.25) is 9.69 Å². The number of ether oxygens (including phenoxy) is 1. The fourth-order valence-corrected chi connectivity index (χ4v) is 3.53. The molecule has 0 unspecified atom stereocenters. The highest BCUT2D eigenvalue weighted by Gasteiger charge is 2.22. The summed E-state index contributed by atoms with van der Waals surface area (Å²) in [6.07, 6.45) is 0. The van der Waals surface area contributed by atoms with Gasteiger partial charge in [-0.25, -0.2) is 0 Å². The van der Waals surface area contributed by atoms with Gasteiger partial charge in [-0.05, 0) is 30.3 Å². The number of carbonyl (C=O) groups excluding carboxylic acids is 1. The van der Waals surface area contributed by atoms with Crippen molar-refractivity contribution in [2.45, 2.75) is 19.7 Å². The Morgan fingerprint density at radius 1 is 1.00 bits per heavy atom. The molecule has 1 N–H and O–H groups in total. The first-order valence-electron chi connectivity index (χ1n) is 9.20. The molecule has 2 aromatic rings. The normalized spacial score (nSPS) is 17.8. The van der Waals surface area contributed by atoms with E-state index in [4.69, 9.17) is 4.74 Å². The zero-order chi connectivity index (χ0) is 17.9. The van der Waals surface area contributed by atoms with E-state index in [9.17, 15) is 4.79 Å². The topological polar surface area (TPSA) is 44.8 Å². The molecule has 0 spiro atoms. The second-order valence-electron chi connectivity index (χ2n) is 7.15. The van der Waals surface area contributed by atoms with Gasteiger partial charge in [0.1, 0.15) is 12.4 Å². The number of hydrogen-bond donors (Lipinski definition) is 1. The van der Waals surface area contributed by atoms with Crippen LogP contribution in [0.4, 0.5) is 0 Å². The molecule has 1 fully saturated rings. The molecule has 2 heterocycles. The molecule has 0 atom stereocenters. The maximum absolute atomic E-state index is 11.7. The zero-order valence-corrected chi connectivity index (χ0v) is 15.2. The van der Waals surface area contributed by atoms with Crippen molar-refractivity contribution in [1.29, 1.82) is 0 Å². The van der Waals surface area contributed by atoms with E-state index in [0.29, 0.717) is 13.2 Å². The third-order valence-corrected chi connectivity index (χ3v) is 5.22. The third kappa shape index (κ3) is 3.74. The first kappa shape index (κ1) is 17.1. The summed E-state index contributed by atoms with van der Waals surface area (Å²) < 4.78 is 5.98. The number of fused-ring (bicyclic) bond motifs is 1. The molecule has 0 saturated carbocycles. The first-order valence-corrected chi connectivity index (χ1v) is 9.20. The summed E-state index contributed by atoms with van der Waals surface area (Å²) in [5.74, 6) is 0.779. The predicted molar refractivity (Wildman–Crippen MR) is 101 cm³/mol. The number of nitrogens with zero attached hydrogens (tertiary/aromatic N) is 2. The smallest absolute Gasteiger partial charge is 0.252 e. The van der Waals surface area contributed by atoms with Crippen LogP contribution in [-0.2, 0) is 19.7 Å². The number of piperazine rings is 1. The van der Waals surface area contributed by atoms with Crippen molar-refractivity contribution in [3.05, 3.63) is 64.7 Å². The van der Waals surface area contributed by atoms with Gasteiger partial charge >= 0.3 is 0 Å². The second kappa shape index (κ2) is 7.48. The minimum atomic E-state index is -0.0151. The summed E-state index contributed by atoms with van der Waals surface area (Å²) in [5.41, 5.74) is 4.17. The lowest BCUT2D eigenvalue weighted by Crippen LogP contribution is -2.43. The monoisotopic (exact) mass is 351 g/mol. The van der Waals surface area contributed by atoms with Crippen LogP contribution in [0.1, 0.15) is 27.0 Å². The van der Waals surface area contributed by atoms with Crippen molar-refractivity contribution in [1.82, 2.24) is 15.1 Å². The lowest BCUT2D eigenvalue weighted by molar-refractivity contribution is 0.0965. The Balaban J connectivity index is 1.34. The molecule has 0 aromatic heterocycles. The Bertz CT molecular complexity index is 780. The molecule has 0 radical (unpaired) electrons. The van der Waals surface area contributed by atoms with Crippen molar-refractivity contribution >= 4 is 5.91 Å². The summed E-state index contributed by atoms with van der Waals surface area (Å²) in [7, 11) is 2.18. The van der Waals surface area contributed by atoms with E-state index in [2.05, 4.69) is 46.4 Å². The Morgan fingerprint density at radius 3 is 2.50 bits per heavy atom. The number of carbonyl (C=O) groups is 1. The van der Waals surface area contributed by atoms with E-state index < -0.39 is 0 Å². The quantitative estimate of drug-likeness (QED) is 0.897. The molecule has 2 aliphatic rings. The van der Waals surface area contributed by atoms with E-state index >= 15 is 0 Å². The van der Waals surface area contributed by atoms with Gasteiger partial charge in [-0.15, -0.1) is 0 Å². The molecule has 2 aliphatic heterocycles. The molecular formula is C21H25N3O2. The van der Waals surface area contributed by atoms with Crippen LogP contribution in [0.25, 0.3) is 0 Å². The number of likely N-dealkylation sites (N-methyl/N-ethyl adjacent to an activating group) is 1. The summed E-state index contributed by atoms with van der Waals surface area (Å²) in [5, 5.41) is 2.85. The zero-order valence-electron chi connectivity index (χ0n) is 15.2. The minimum absolute atomic E-state index is 0.0151. The third-order valence-electron chi connectivity index (χ3n) is 5.22. The van der Waals surface area contributed by atoms with Crippen LogP contribution in [0.15, 0.2) is 42.5 Å². The molecule has 2 aromatic carbocycles. The molecule has 1 amide bonds. The summed E-state index contributed by atoms with van der Waals surface area (Å²) >= 11 is 0. The second-order valence-corrected chi connectivity index (χ2v) is 7.15. The van der Waals surface area contributed by atoms with E-state index in [1.54, 1.807) is 0 Å². The Morgan fingerprint density at radius 2 is 1.73 bits per heavy atom. The van der Waals surface area contributed by atoms with Gasteiger partial charge in [0.25, 0.3) is 5.91 Å². The van der Waals surface area contributed by atoms with Crippen LogP contribution in [0, 0.1) is 0 Å². The van der Waals surface area contributed by atoms with Crippen LogP contribution < -0.4 is 10.1 Å². The average Bonchev–Trinajstić information content (AvgIpc) is 3.05. The molecular weight excluding hydrogens is 326 g/mol. The van der Waals surface area contributed by atoms with Gasteiger partial charge in [0, 0.05) is 50.4 Å². The van der Waals surface area contributed by atoms with Crippen LogP contribution in [0.2, 0.25) is 0 Å². The van der Waals surface area contributed by atoms with Gasteiger partial charge in [-0.2, -0.15) is 0 Å². The van der Waals surface area contributed by atoms with Crippen LogP contribution in [-0.4, -0.2) is 48.9 Å². The van der Waals surface area contributed by atoms with Gasteiger partial charge < -0.3 is 15.0 Å². The highest BCUT2D eigenvalue weighted by molar-refractivity contribution is 5.99. The lowest BCUT2D eigenvalue weighted by Gasteiger charge is -2.32. The first-order chi connectivity index (χ1) is 12.7. The molecule has 0 bridgehead atoms. The Kier molecular flexibility index (Phi) is 4.91. The van der Waals surface area contributed by atoms with Crippen molar-refractivity contribution < 1.29 is 9.53 Å².